The van der Waals surface area contributed by atoms with Gasteiger partial charge in [-0.1, -0.05) is 0 Å². The van der Waals surface area contributed by atoms with Gasteiger partial charge in [0.1, 0.15) is 0 Å². The van der Waals surface area contributed by atoms with Gasteiger partial charge in [-0.15, -0.1) is 0 Å². The molecule has 8 heteroatoms. The molecule has 76 valence electrons. The van der Waals surface area contributed by atoms with E-state index in [0.29, 0.717) is 19.8 Å². The quantitative estimate of drug-likeness (QED) is 0.685. The summed E-state index contributed by atoms with van der Waals surface area (Å²) in [6.45, 7) is 1.69. The molecule has 0 aromatic heterocycles. The average molecular weight is 228 g/mol. The van der Waals surface area contributed by atoms with Crippen LogP contribution in [-0.2, 0) is 18.1 Å². The zero-order valence-electron chi connectivity index (χ0n) is 6.75. The fraction of sp³-hybridized carbons (Fsp3) is 1.00. The third kappa shape index (κ3) is 2.35. The van der Waals surface area contributed by atoms with Crippen LogP contribution in [0.5, 0.6) is 0 Å². The summed E-state index contributed by atoms with van der Waals surface area (Å²) in [6, 6.07) is 0. The second kappa shape index (κ2) is 4.01. The number of rotatable bonds is 3. The van der Waals surface area contributed by atoms with Gasteiger partial charge in [0.25, 0.3) is 0 Å². The van der Waals surface area contributed by atoms with Crippen LogP contribution in [0.2, 0.25) is 0 Å². The highest BCUT2D eigenvalue weighted by molar-refractivity contribution is 7.41. The molecule has 0 aliphatic carbocycles. The van der Waals surface area contributed by atoms with E-state index in [2.05, 4.69) is 0 Å². The molecule has 2 N–H and O–H groups in total. The molecule has 3 aliphatic heterocycles. The maximum Gasteiger partial charge on any atom is 0.332 e. The van der Waals surface area contributed by atoms with Crippen molar-refractivity contribution in [3.05, 3.63) is 0 Å². The van der Waals surface area contributed by atoms with E-state index in [4.69, 9.17) is 27.9 Å². The van der Waals surface area contributed by atoms with Gasteiger partial charge in [0.05, 0.1) is 31.8 Å². The highest BCUT2D eigenvalue weighted by Gasteiger charge is 2.45. The fourth-order valence-electron chi connectivity index (χ4n) is 1.13. The summed E-state index contributed by atoms with van der Waals surface area (Å²) >= 11 is 0. The Labute approximate surface area is 77.7 Å². The molecule has 0 aromatic carbocycles. The van der Waals surface area contributed by atoms with Crippen LogP contribution < -0.4 is 0 Å². The summed E-state index contributed by atoms with van der Waals surface area (Å²) in [4.78, 5) is 17.2. The molecule has 3 aliphatic rings. The first-order valence-corrected chi connectivity index (χ1v) is 5.96. The number of hydrogen-bond donors (Lipinski definition) is 2. The standard InChI is InChI=1S/C5H10O6P2/c6-12(7)8-1-5-2-9-13(10-3-5)11-4-5/h6-7H,1-4H2. The molecule has 0 saturated carbocycles. The molecule has 0 radical (unpaired) electrons. The lowest BCUT2D eigenvalue weighted by atomic mass is 9.93. The van der Waals surface area contributed by atoms with Crippen molar-refractivity contribution in [2.75, 3.05) is 26.4 Å². The second-order valence-electron chi connectivity index (χ2n) is 3.07. The fourth-order valence-corrected chi connectivity index (χ4v) is 2.88. The van der Waals surface area contributed by atoms with Crippen LogP contribution in [-0.4, -0.2) is 36.2 Å². The first-order chi connectivity index (χ1) is 6.20. The smallest absolute Gasteiger partial charge is 0.328 e. The van der Waals surface area contributed by atoms with E-state index in [-0.39, 0.29) is 12.0 Å². The summed E-state index contributed by atoms with van der Waals surface area (Å²) in [7, 11) is -3.44. The minimum Gasteiger partial charge on any atom is -0.328 e. The van der Waals surface area contributed by atoms with Crippen LogP contribution in [0.25, 0.3) is 0 Å². The highest BCUT2D eigenvalue weighted by Crippen LogP contribution is 2.53. The van der Waals surface area contributed by atoms with Gasteiger partial charge in [-0.05, 0) is 0 Å². The summed E-state index contributed by atoms with van der Waals surface area (Å²) in [5.74, 6) is 0. The third-order valence-corrected chi connectivity index (χ3v) is 3.29. The molecule has 3 fully saturated rings. The van der Waals surface area contributed by atoms with E-state index in [0.717, 1.165) is 0 Å². The van der Waals surface area contributed by atoms with Crippen molar-refractivity contribution in [1.29, 1.82) is 0 Å². The Kier molecular flexibility index (Phi) is 3.13. The normalized spacial score (nSPS) is 38.5. The van der Waals surface area contributed by atoms with Crippen LogP contribution in [0.15, 0.2) is 0 Å². The van der Waals surface area contributed by atoms with Gasteiger partial charge in [0.15, 0.2) is 0 Å². The van der Waals surface area contributed by atoms with Crippen molar-refractivity contribution in [2.45, 2.75) is 0 Å². The monoisotopic (exact) mass is 228 g/mol. The molecule has 0 atom stereocenters. The van der Waals surface area contributed by atoms with Crippen LogP contribution in [0.1, 0.15) is 0 Å². The Morgan fingerprint density at radius 1 is 1.23 bits per heavy atom. The first kappa shape index (κ1) is 10.1. The highest BCUT2D eigenvalue weighted by atomic mass is 31.2. The van der Waals surface area contributed by atoms with Crippen molar-refractivity contribution in [3.63, 3.8) is 0 Å². The molecule has 0 unspecified atom stereocenters. The van der Waals surface area contributed by atoms with E-state index >= 15 is 0 Å². The van der Waals surface area contributed by atoms with Gasteiger partial charge >= 0.3 is 17.2 Å². The molecule has 3 rings (SSSR count). The molecule has 0 aromatic rings. The van der Waals surface area contributed by atoms with Crippen LogP contribution >= 0.6 is 17.2 Å². The van der Waals surface area contributed by atoms with Crippen molar-refractivity contribution >= 4 is 17.2 Å². The average Bonchev–Trinajstić information content (AvgIpc) is 2.18. The number of fused-ring (bicyclic) bond motifs is 3. The molecule has 3 heterocycles. The maximum absolute atomic E-state index is 8.59. The van der Waals surface area contributed by atoms with E-state index in [9.17, 15) is 0 Å². The predicted octanol–water partition coefficient (Wildman–Crippen LogP) is 0.505. The molecule has 3 saturated heterocycles. The lowest BCUT2D eigenvalue weighted by Crippen LogP contribution is -2.46. The second-order valence-corrected chi connectivity index (χ2v) is 5.06. The lowest BCUT2D eigenvalue weighted by molar-refractivity contribution is -0.0929. The Bertz CT molecular complexity index is 166. The van der Waals surface area contributed by atoms with Gasteiger partial charge in [0.2, 0.25) is 0 Å². The molecule has 0 spiro atoms. The van der Waals surface area contributed by atoms with Crippen molar-refractivity contribution in [2.24, 2.45) is 5.41 Å². The molecule has 0 amide bonds. The summed E-state index contributed by atoms with van der Waals surface area (Å²) in [5, 5.41) is 0. The van der Waals surface area contributed by atoms with Gasteiger partial charge < -0.3 is 27.9 Å². The lowest BCUT2D eigenvalue weighted by Gasteiger charge is -2.43. The molecular formula is C5H10O6P2. The zero-order chi connectivity index (χ0) is 9.31. The summed E-state index contributed by atoms with van der Waals surface area (Å²) in [5.41, 5.74) is -0.358. The van der Waals surface area contributed by atoms with E-state index in [1.807, 2.05) is 0 Å². The van der Waals surface area contributed by atoms with Gasteiger partial charge in [-0.25, -0.2) is 0 Å². The zero-order valence-corrected chi connectivity index (χ0v) is 8.54. The largest absolute Gasteiger partial charge is 0.332 e. The minimum atomic E-state index is -2.31. The summed E-state index contributed by atoms with van der Waals surface area (Å²) in [6.07, 6.45) is 0. The minimum absolute atomic E-state index is 0.189. The Balaban J connectivity index is 1.87. The topological polar surface area (TPSA) is 77.4 Å². The summed E-state index contributed by atoms with van der Waals surface area (Å²) < 4.78 is 20.3. The van der Waals surface area contributed by atoms with Gasteiger partial charge in [-0.2, -0.15) is 0 Å². The SMILES string of the molecule is OP(O)OCC12COP(OC1)OC2. The van der Waals surface area contributed by atoms with Crippen molar-refractivity contribution in [3.8, 4) is 0 Å². The van der Waals surface area contributed by atoms with Crippen LogP contribution in [0.4, 0.5) is 0 Å². The molecule has 2 bridgehead atoms. The maximum atomic E-state index is 8.59. The Morgan fingerprint density at radius 3 is 2.23 bits per heavy atom. The van der Waals surface area contributed by atoms with Gasteiger partial charge in [0, 0.05) is 0 Å². The van der Waals surface area contributed by atoms with Crippen LogP contribution in [0, 0.1) is 5.41 Å². The first-order valence-electron chi connectivity index (χ1n) is 3.70. The molecule has 6 nitrogen and oxygen atoms in total. The third-order valence-electron chi connectivity index (χ3n) is 1.91. The Hall–Kier alpha value is 0.620. The predicted molar refractivity (Wildman–Crippen MR) is 44.5 cm³/mol. The van der Waals surface area contributed by atoms with E-state index in [1.54, 1.807) is 0 Å². The van der Waals surface area contributed by atoms with Crippen molar-refractivity contribution < 1.29 is 27.9 Å². The van der Waals surface area contributed by atoms with Crippen LogP contribution in [0.3, 0.4) is 0 Å². The van der Waals surface area contributed by atoms with Gasteiger partial charge in [-0.3, -0.25) is 0 Å². The van der Waals surface area contributed by atoms with Crippen molar-refractivity contribution in [1.82, 2.24) is 0 Å². The Morgan fingerprint density at radius 2 is 1.77 bits per heavy atom. The molecular weight excluding hydrogens is 218 g/mol. The molecule has 13 heavy (non-hydrogen) atoms. The number of hydrogen-bond acceptors (Lipinski definition) is 6. The van der Waals surface area contributed by atoms with E-state index in [1.165, 1.54) is 0 Å². The van der Waals surface area contributed by atoms with E-state index < -0.39 is 17.2 Å².